The van der Waals surface area contributed by atoms with Crippen molar-refractivity contribution in [3.8, 4) is 0 Å². The Kier molecular flexibility index (Phi) is 5.27. The lowest BCUT2D eigenvalue weighted by atomic mass is 10.2. The van der Waals surface area contributed by atoms with Crippen LogP contribution in [0.2, 0.25) is 0 Å². The van der Waals surface area contributed by atoms with Crippen LogP contribution < -0.4 is 11.1 Å². The molecular weight excluding hydrogens is 284 g/mol. The molecule has 0 spiro atoms. The summed E-state index contributed by atoms with van der Waals surface area (Å²) in [5.41, 5.74) is 7.34. The third kappa shape index (κ3) is 4.26. The highest BCUT2D eigenvalue weighted by Gasteiger charge is 2.11. The van der Waals surface area contributed by atoms with Crippen LogP contribution in [0, 0.1) is 0 Å². The molecule has 3 N–H and O–H groups in total. The number of para-hydroxylation sites is 1. The van der Waals surface area contributed by atoms with E-state index in [0.717, 1.165) is 22.7 Å². The normalized spacial score (nSPS) is 12.1. The minimum absolute atomic E-state index is 0.139. The van der Waals surface area contributed by atoms with Crippen molar-refractivity contribution in [2.24, 2.45) is 5.73 Å². The van der Waals surface area contributed by atoms with Gasteiger partial charge in [-0.3, -0.25) is 9.48 Å². The van der Waals surface area contributed by atoms with E-state index in [-0.39, 0.29) is 17.7 Å². The largest absolute Gasteiger partial charge is 0.377 e. The number of carbonyl (C=O) groups is 1. The summed E-state index contributed by atoms with van der Waals surface area (Å²) < 4.78 is 1.90. The first-order valence-corrected chi connectivity index (χ1v) is 7.87. The molecule has 1 aromatic heterocycles. The number of rotatable bonds is 7. The van der Waals surface area contributed by atoms with Crippen molar-refractivity contribution in [2.75, 3.05) is 11.1 Å². The van der Waals surface area contributed by atoms with Gasteiger partial charge in [-0.15, -0.1) is 11.8 Å². The van der Waals surface area contributed by atoms with E-state index < -0.39 is 0 Å². The molecule has 21 heavy (non-hydrogen) atoms. The van der Waals surface area contributed by atoms with Crippen LogP contribution in [0.15, 0.2) is 41.6 Å². The zero-order chi connectivity index (χ0) is 15.2. The van der Waals surface area contributed by atoms with Gasteiger partial charge in [-0.25, -0.2) is 0 Å². The second-order valence-electron chi connectivity index (χ2n) is 4.75. The van der Waals surface area contributed by atoms with E-state index >= 15 is 0 Å². The fraction of sp³-hybridized carbons (Fsp3) is 0.333. The Bertz CT molecular complexity index is 611. The maximum Gasteiger partial charge on any atom is 0.227 e. The van der Waals surface area contributed by atoms with Gasteiger partial charge < -0.3 is 11.1 Å². The molecule has 2 aromatic rings. The molecule has 6 heteroatoms. The molecule has 0 saturated carbocycles. The Morgan fingerprint density at radius 1 is 1.48 bits per heavy atom. The summed E-state index contributed by atoms with van der Waals surface area (Å²) in [4.78, 5) is 12.0. The molecule has 1 atom stereocenters. The molecule has 1 unspecified atom stereocenters. The van der Waals surface area contributed by atoms with Crippen molar-refractivity contribution >= 4 is 23.4 Å². The van der Waals surface area contributed by atoms with Crippen molar-refractivity contribution in [1.29, 1.82) is 0 Å². The lowest BCUT2D eigenvalue weighted by Gasteiger charge is -2.16. The third-order valence-corrected chi connectivity index (χ3v) is 4.20. The minimum atomic E-state index is -0.313. The Labute approximate surface area is 128 Å². The summed E-state index contributed by atoms with van der Waals surface area (Å²) in [5, 5.41) is 7.75. The van der Waals surface area contributed by atoms with Gasteiger partial charge in [-0.1, -0.05) is 12.1 Å². The number of benzene rings is 1. The summed E-state index contributed by atoms with van der Waals surface area (Å²) in [7, 11) is 0. The molecule has 0 aliphatic heterocycles. The van der Waals surface area contributed by atoms with Crippen LogP contribution in [0.25, 0.3) is 0 Å². The van der Waals surface area contributed by atoms with Gasteiger partial charge in [0.1, 0.15) is 0 Å². The first-order chi connectivity index (χ1) is 10.1. The topological polar surface area (TPSA) is 72.9 Å². The molecule has 0 bridgehead atoms. The molecule has 0 radical (unpaired) electrons. The van der Waals surface area contributed by atoms with Crippen molar-refractivity contribution in [3.63, 3.8) is 0 Å². The van der Waals surface area contributed by atoms with Crippen LogP contribution in [0.1, 0.15) is 25.5 Å². The monoisotopic (exact) mass is 304 g/mol. The van der Waals surface area contributed by atoms with Crippen LogP contribution in [0.5, 0.6) is 0 Å². The van der Waals surface area contributed by atoms with Crippen molar-refractivity contribution in [3.05, 3.63) is 42.2 Å². The maximum atomic E-state index is 10.9. The van der Waals surface area contributed by atoms with E-state index in [0.29, 0.717) is 0 Å². The maximum absolute atomic E-state index is 10.9. The predicted octanol–water partition coefficient (Wildman–Crippen LogP) is 2.65. The fourth-order valence-corrected chi connectivity index (χ4v) is 2.71. The highest BCUT2D eigenvalue weighted by molar-refractivity contribution is 8.00. The second-order valence-corrected chi connectivity index (χ2v) is 5.76. The molecule has 2 rings (SSSR count). The van der Waals surface area contributed by atoms with Gasteiger partial charge in [0.05, 0.1) is 18.0 Å². The molecule has 0 fully saturated rings. The molecule has 1 heterocycles. The quantitative estimate of drug-likeness (QED) is 0.771. The highest BCUT2D eigenvalue weighted by atomic mass is 32.2. The fourth-order valence-electron chi connectivity index (χ4n) is 1.95. The number of primary amides is 1. The predicted molar refractivity (Wildman–Crippen MR) is 86.3 cm³/mol. The summed E-state index contributed by atoms with van der Waals surface area (Å²) >= 11 is 1.44. The number of nitrogens with one attached hydrogen (secondary N) is 1. The van der Waals surface area contributed by atoms with Crippen LogP contribution in [0.4, 0.5) is 5.69 Å². The Hall–Kier alpha value is -1.95. The number of hydrogen-bond donors (Lipinski definition) is 2. The lowest BCUT2D eigenvalue weighted by molar-refractivity contribution is -0.115. The van der Waals surface area contributed by atoms with Crippen molar-refractivity contribution in [1.82, 2.24) is 9.78 Å². The zero-order valence-electron chi connectivity index (χ0n) is 12.2. The van der Waals surface area contributed by atoms with E-state index in [1.807, 2.05) is 41.3 Å². The molecule has 5 nitrogen and oxygen atoms in total. The number of anilines is 1. The van der Waals surface area contributed by atoms with Gasteiger partial charge in [-0.2, -0.15) is 5.10 Å². The molecule has 0 aliphatic rings. The average Bonchev–Trinajstić information content (AvgIpc) is 2.95. The minimum Gasteiger partial charge on any atom is -0.377 e. The average molecular weight is 304 g/mol. The summed E-state index contributed by atoms with van der Waals surface area (Å²) in [6.07, 6.45) is 3.91. The van der Waals surface area contributed by atoms with E-state index in [4.69, 9.17) is 5.73 Å². The molecule has 0 saturated heterocycles. The van der Waals surface area contributed by atoms with Crippen molar-refractivity contribution in [2.45, 2.75) is 31.3 Å². The lowest BCUT2D eigenvalue weighted by Crippen LogP contribution is -2.13. The number of nitrogens with two attached hydrogens (primary N) is 1. The van der Waals surface area contributed by atoms with E-state index in [9.17, 15) is 4.79 Å². The number of nitrogens with zero attached hydrogens (tertiary/aromatic N) is 2. The second kappa shape index (κ2) is 7.17. The van der Waals surface area contributed by atoms with E-state index in [2.05, 4.69) is 24.3 Å². The van der Waals surface area contributed by atoms with Crippen LogP contribution in [-0.2, 0) is 11.3 Å². The van der Waals surface area contributed by atoms with Crippen molar-refractivity contribution < 1.29 is 4.79 Å². The zero-order valence-corrected chi connectivity index (χ0v) is 13.1. The van der Waals surface area contributed by atoms with Gasteiger partial charge in [0.25, 0.3) is 0 Å². The van der Waals surface area contributed by atoms with Crippen LogP contribution in [-0.4, -0.2) is 21.4 Å². The van der Waals surface area contributed by atoms with Crippen LogP contribution >= 0.6 is 11.8 Å². The SMILES string of the molecule is CCn1cc(C(C)Nc2ccccc2SCC(N)=O)cn1. The smallest absolute Gasteiger partial charge is 0.227 e. The summed E-state index contributed by atoms with van der Waals surface area (Å²) in [5.74, 6) is -0.0343. The molecular formula is C15H20N4OS. The van der Waals surface area contributed by atoms with Gasteiger partial charge in [0.15, 0.2) is 0 Å². The van der Waals surface area contributed by atoms with E-state index in [1.165, 1.54) is 11.8 Å². The number of thioether (sulfide) groups is 1. The highest BCUT2D eigenvalue weighted by Crippen LogP contribution is 2.29. The van der Waals surface area contributed by atoms with E-state index in [1.54, 1.807) is 0 Å². The van der Waals surface area contributed by atoms with Gasteiger partial charge in [0, 0.05) is 28.9 Å². The number of aromatic nitrogens is 2. The summed E-state index contributed by atoms with van der Waals surface area (Å²) in [6.45, 7) is 5.01. The Morgan fingerprint density at radius 2 is 2.24 bits per heavy atom. The van der Waals surface area contributed by atoms with Gasteiger partial charge in [0.2, 0.25) is 5.91 Å². The number of amides is 1. The molecule has 112 valence electrons. The third-order valence-electron chi connectivity index (χ3n) is 3.11. The number of aryl methyl sites for hydroxylation is 1. The summed E-state index contributed by atoms with van der Waals surface area (Å²) in [6, 6.07) is 8.05. The first kappa shape index (κ1) is 15.4. The Morgan fingerprint density at radius 3 is 2.90 bits per heavy atom. The number of hydrogen-bond acceptors (Lipinski definition) is 4. The molecule has 1 amide bonds. The van der Waals surface area contributed by atoms with Gasteiger partial charge in [-0.05, 0) is 26.0 Å². The molecule has 1 aromatic carbocycles. The standard InChI is InChI=1S/C15H20N4OS/c1-3-19-9-12(8-17-19)11(2)18-13-6-4-5-7-14(13)21-10-15(16)20/h4-9,11,18H,3,10H2,1-2H3,(H2,16,20). The first-order valence-electron chi connectivity index (χ1n) is 6.89. The molecule has 0 aliphatic carbocycles. The number of carbonyl (C=O) groups excluding carboxylic acids is 1. The Balaban J connectivity index is 2.09. The van der Waals surface area contributed by atoms with Crippen LogP contribution in [0.3, 0.4) is 0 Å². The van der Waals surface area contributed by atoms with Gasteiger partial charge >= 0.3 is 0 Å².